The Morgan fingerprint density at radius 2 is 1.88 bits per heavy atom. The first kappa shape index (κ1) is 23.5. The molecule has 0 bridgehead atoms. The molecular weight excluding hydrogens is 439 g/mol. The molecule has 0 spiro atoms. The van der Waals surface area contributed by atoms with Crippen LogP contribution in [0.15, 0.2) is 77.3 Å². The summed E-state index contributed by atoms with van der Waals surface area (Å²) >= 11 is 0. The van der Waals surface area contributed by atoms with Gasteiger partial charge in [0.05, 0.1) is 18.5 Å². The molecule has 1 aliphatic heterocycles. The van der Waals surface area contributed by atoms with E-state index < -0.39 is 18.0 Å². The Kier molecular flexibility index (Phi) is 6.80. The van der Waals surface area contributed by atoms with Gasteiger partial charge in [-0.2, -0.15) is 10.1 Å². The Hall–Kier alpha value is -4.15. The van der Waals surface area contributed by atoms with Gasteiger partial charge in [0, 0.05) is 11.8 Å². The number of carbonyl (C=O) groups is 1. The molecule has 0 saturated carbocycles. The smallest absolute Gasteiger partial charge is 0.467 e. The fraction of sp³-hybridized carbons (Fsp3) is 0.182. The normalized spacial score (nSPS) is 13.3. The third-order valence-corrected chi connectivity index (χ3v) is 4.26. The molecule has 2 aromatic rings. The van der Waals surface area contributed by atoms with Gasteiger partial charge in [0.1, 0.15) is 17.3 Å². The number of benzene rings is 1. The van der Waals surface area contributed by atoms with Crippen LogP contribution >= 0.6 is 0 Å². The Morgan fingerprint density at radius 3 is 2.55 bits per heavy atom. The molecule has 3 rings (SSSR count). The van der Waals surface area contributed by atoms with E-state index in [9.17, 15) is 18.0 Å². The summed E-state index contributed by atoms with van der Waals surface area (Å²) < 4.78 is 47.6. The molecule has 1 aromatic carbocycles. The zero-order valence-electron chi connectivity index (χ0n) is 18.0. The maximum Gasteiger partial charge on any atom is 0.573 e. The average Bonchev–Trinajstić information content (AvgIpc) is 2.74. The number of ether oxygens (including phenoxy) is 2. The minimum Gasteiger partial charge on any atom is -0.467 e. The van der Waals surface area contributed by atoms with E-state index in [2.05, 4.69) is 31.7 Å². The first-order valence-electron chi connectivity index (χ1n) is 9.56. The van der Waals surface area contributed by atoms with E-state index in [0.29, 0.717) is 11.3 Å². The summed E-state index contributed by atoms with van der Waals surface area (Å²) in [6, 6.07) is 7.14. The van der Waals surface area contributed by atoms with Crippen molar-refractivity contribution in [1.29, 1.82) is 0 Å². The first-order valence-corrected chi connectivity index (χ1v) is 9.56. The number of hydrogen-bond acceptors (Lipinski definition) is 7. The third kappa shape index (κ3) is 5.76. The Labute approximate surface area is 187 Å². The summed E-state index contributed by atoms with van der Waals surface area (Å²) in [6.45, 7) is 7.27. The van der Waals surface area contributed by atoms with Gasteiger partial charge >= 0.3 is 12.4 Å². The first-order chi connectivity index (χ1) is 15.6. The number of nitrogens with zero attached hydrogens (tertiary/aromatic N) is 4. The maximum absolute atomic E-state index is 13.1. The second-order valence-corrected chi connectivity index (χ2v) is 6.90. The minimum absolute atomic E-state index is 0.0680. The second-order valence-electron chi connectivity index (χ2n) is 6.90. The monoisotopic (exact) mass is 459 g/mol. The molecule has 33 heavy (non-hydrogen) atoms. The number of rotatable bonds is 6. The highest BCUT2D eigenvalue weighted by atomic mass is 19.4. The number of halogens is 3. The molecule has 0 radical (unpaired) electrons. The van der Waals surface area contributed by atoms with Crippen molar-refractivity contribution in [2.24, 2.45) is 5.10 Å². The molecule has 1 aliphatic rings. The number of allylic oxidation sites excluding steroid dienone is 3. The number of hydrogen-bond donors (Lipinski definition) is 1. The summed E-state index contributed by atoms with van der Waals surface area (Å²) in [5.74, 6) is -0.788. The zero-order chi connectivity index (χ0) is 24.2. The van der Waals surface area contributed by atoms with E-state index in [4.69, 9.17) is 4.74 Å². The number of alkyl halides is 3. The largest absolute Gasteiger partial charge is 0.573 e. The summed E-state index contributed by atoms with van der Waals surface area (Å²) in [5.41, 5.74) is 1.27. The Morgan fingerprint density at radius 1 is 1.15 bits per heavy atom. The molecule has 0 saturated heterocycles. The van der Waals surface area contributed by atoms with Gasteiger partial charge < -0.3 is 14.8 Å². The lowest BCUT2D eigenvalue weighted by molar-refractivity contribution is -0.274. The predicted octanol–water partition coefficient (Wildman–Crippen LogP) is 4.41. The van der Waals surface area contributed by atoms with E-state index in [0.717, 1.165) is 0 Å². The molecule has 1 N–H and O–H groups in total. The highest BCUT2D eigenvalue weighted by molar-refractivity contribution is 6.12. The van der Waals surface area contributed by atoms with Crippen LogP contribution in [0, 0.1) is 0 Å². The number of nitrogens with one attached hydrogen (secondary N) is 1. The summed E-state index contributed by atoms with van der Waals surface area (Å²) in [6.07, 6.45) is -0.425. The van der Waals surface area contributed by atoms with Gasteiger partial charge in [-0.1, -0.05) is 18.7 Å². The van der Waals surface area contributed by atoms with Crippen molar-refractivity contribution in [1.82, 2.24) is 15.0 Å². The Bertz CT molecular complexity index is 1170. The molecule has 0 unspecified atom stereocenters. The van der Waals surface area contributed by atoms with Gasteiger partial charge in [0.25, 0.3) is 5.91 Å². The summed E-state index contributed by atoms with van der Waals surface area (Å²) in [5, 5.41) is 8.27. The van der Waals surface area contributed by atoms with Crippen molar-refractivity contribution >= 4 is 17.4 Å². The van der Waals surface area contributed by atoms with Gasteiger partial charge in [-0.05, 0) is 49.8 Å². The number of hydrazone groups is 1. The van der Waals surface area contributed by atoms with Crippen molar-refractivity contribution in [3.05, 3.63) is 77.8 Å². The van der Waals surface area contributed by atoms with E-state index in [1.165, 1.54) is 54.7 Å². The lowest BCUT2D eigenvalue weighted by atomic mass is 10.1. The number of para-hydroxylation sites is 1. The van der Waals surface area contributed by atoms with Crippen LogP contribution in [0.1, 0.15) is 19.4 Å². The number of aromatic nitrogens is 2. The molecule has 8 nitrogen and oxygen atoms in total. The molecule has 1 amide bonds. The Balaban J connectivity index is 1.96. The molecule has 0 aliphatic carbocycles. The molecule has 172 valence electrons. The van der Waals surface area contributed by atoms with Crippen LogP contribution in [0.4, 0.5) is 19.0 Å². The van der Waals surface area contributed by atoms with E-state index >= 15 is 0 Å². The van der Waals surface area contributed by atoms with Crippen LogP contribution < -0.4 is 14.8 Å². The second kappa shape index (κ2) is 9.55. The van der Waals surface area contributed by atoms with Crippen LogP contribution in [0.2, 0.25) is 0 Å². The lowest BCUT2D eigenvalue weighted by Crippen LogP contribution is -2.30. The third-order valence-electron chi connectivity index (χ3n) is 4.26. The topological polar surface area (TPSA) is 88.9 Å². The standard InChI is InChI=1S/C22H20F3N5O3/c1-13(2)19(20(31)27-18-11-12-26-21(28-18)32-4)30-14(3)9-10-16(29-30)15-7-5-6-8-17(15)33-22(23,24)25/h5-12H,3H2,1-2,4H3,(H,26,27,28,31). The predicted molar refractivity (Wildman–Crippen MR) is 115 cm³/mol. The fourth-order valence-electron chi connectivity index (χ4n) is 2.90. The highest BCUT2D eigenvalue weighted by Gasteiger charge is 2.33. The van der Waals surface area contributed by atoms with E-state index in [1.54, 1.807) is 19.9 Å². The maximum atomic E-state index is 13.1. The van der Waals surface area contributed by atoms with Crippen LogP contribution in [-0.2, 0) is 4.79 Å². The van der Waals surface area contributed by atoms with Crippen molar-refractivity contribution < 1.29 is 27.4 Å². The number of methoxy groups -OCH3 is 1. The van der Waals surface area contributed by atoms with Crippen molar-refractivity contribution in [3.63, 3.8) is 0 Å². The number of amides is 1. The van der Waals surface area contributed by atoms with Crippen molar-refractivity contribution in [2.45, 2.75) is 20.2 Å². The summed E-state index contributed by atoms with van der Waals surface area (Å²) in [4.78, 5) is 21.0. The van der Waals surface area contributed by atoms with Crippen molar-refractivity contribution in [3.8, 4) is 11.8 Å². The van der Waals surface area contributed by atoms with Gasteiger partial charge in [0.15, 0.2) is 0 Å². The average molecular weight is 459 g/mol. The molecule has 2 heterocycles. The van der Waals surface area contributed by atoms with Crippen molar-refractivity contribution in [2.75, 3.05) is 12.4 Å². The number of carbonyl (C=O) groups excluding carboxylic acids is 1. The quantitative estimate of drug-likeness (QED) is 0.644. The molecule has 0 atom stereocenters. The molecular formula is C22H20F3N5O3. The van der Waals surface area contributed by atoms with Crippen LogP contribution in [0.3, 0.4) is 0 Å². The van der Waals surface area contributed by atoms with Gasteiger partial charge in [-0.3, -0.25) is 4.79 Å². The molecule has 1 aromatic heterocycles. The number of anilines is 1. The zero-order valence-corrected chi connectivity index (χ0v) is 18.0. The molecule has 0 fully saturated rings. The van der Waals surface area contributed by atoms with Gasteiger partial charge in [-0.15, -0.1) is 13.2 Å². The van der Waals surface area contributed by atoms with Crippen LogP contribution in [0.25, 0.3) is 0 Å². The van der Waals surface area contributed by atoms with Crippen LogP contribution in [-0.4, -0.2) is 40.1 Å². The fourth-order valence-corrected chi connectivity index (χ4v) is 2.90. The highest BCUT2D eigenvalue weighted by Crippen LogP contribution is 2.30. The minimum atomic E-state index is -4.87. The molecule has 11 heteroatoms. The summed E-state index contributed by atoms with van der Waals surface area (Å²) in [7, 11) is 1.39. The van der Waals surface area contributed by atoms with E-state index in [1.807, 2.05) is 0 Å². The van der Waals surface area contributed by atoms with Gasteiger partial charge in [0.2, 0.25) is 0 Å². The SMILES string of the molecule is C=C1C=CC(c2ccccc2OC(F)(F)F)=NN1C(C(=O)Nc1ccnc(OC)n1)=C(C)C. The van der Waals surface area contributed by atoms with E-state index in [-0.39, 0.29) is 28.8 Å². The van der Waals surface area contributed by atoms with Gasteiger partial charge in [-0.25, -0.2) is 9.99 Å². The lowest BCUT2D eigenvalue weighted by Gasteiger charge is -2.27. The van der Waals surface area contributed by atoms with Crippen LogP contribution in [0.5, 0.6) is 11.8 Å².